The van der Waals surface area contributed by atoms with E-state index in [4.69, 9.17) is 0 Å². The van der Waals surface area contributed by atoms with E-state index >= 15 is 0 Å². The number of hydrogen-bond donors (Lipinski definition) is 3. The van der Waals surface area contributed by atoms with Crippen molar-refractivity contribution in [2.75, 3.05) is 10.6 Å². The Balaban J connectivity index is 1.71. The van der Waals surface area contributed by atoms with Gasteiger partial charge in [-0.25, -0.2) is 0 Å². The van der Waals surface area contributed by atoms with E-state index in [2.05, 4.69) is 10.6 Å². The minimum atomic E-state index is -1.24. The Kier molecular flexibility index (Phi) is 4.62. The van der Waals surface area contributed by atoms with Gasteiger partial charge in [0.05, 0.1) is 0 Å². The molecule has 1 fully saturated rings. The highest BCUT2D eigenvalue weighted by molar-refractivity contribution is 5.97. The number of aliphatic hydroxyl groups excluding tert-OH is 1. The number of anilines is 2. The van der Waals surface area contributed by atoms with Gasteiger partial charge < -0.3 is 15.7 Å². The second-order valence-corrected chi connectivity index (χ2v) is 6.10. The maximum atomic E-state index is 12.3. The van der Waals surface area contributed by atoms with Crippen LogP contribution in [0.3, 0.4) is 0 Å². The molecule has 0 bridgehead atoms. The minimum Gasteiger partial charge on any atom is -0.378 e. The van der Waals surface area contributed by atoms with Crippen molar-refractivity contribution in [1.82, 2.24) is 0 Å². The minimum absolute atomic E-state index is 0.0143. The summed E-state index contributed by atoms with van der Waals surface area (Å²) in [6.45, 7) is 1.86. The van der Waals surface area contributed by atoms with Gasteiger partial charge in [-0.2, -0.15) is 0 Å². The Morgan fingerprint density at radius 2 is 1.79 bits per heavy atom. The lowest BCUT2D eigenvalue weighted by atomic mass is 10.1. The first kappa shape index (κ1) is 16.2. The van der Waals surface area contributed by atoms with E-state index in [1.54, 1.807) is 36.4 Å². The first-order valence-corrected chi connectivity index (χ1v) is 8.00. The molecule has 1 saturated carbocycles. The number of aliphatic hydroxyl groups is 1. The number of amides is 2. The third-order valence-electron chi connectivity index (χ3n) is 4.07. The van der Waals surface area contributed by atoms with E-state index in [0.717, 1.165) is 18.4 Å². The van der Waals surface area contributed by atoms with Gasteiger partial charge in [0.1, 0.15) is 0 Å². The van der Waals surface area contributed by atoms with E-state index in [0.29, 0.717) is 16.9 Å². The lowest BCUT2D eigenvalue weighted by Crippen LogP contribution is -2.21. The zero-order valence-corrected chi connectivity index (χ0v) is 13.5. The number of rotatable bonds is 5. The predicted molar refractivity (Wildman–Crippen MR) is 92.6 cm³/mol. The maximum absolute atomic E-state index is 12.3. The van der Waals surface area contributed by atoms with Gasteiger partial charge in [0, 0.05) is 17.3 Å². The molecular formula is C19H20N2O3. The van der Waals surface area contributed by atoms with Crippen LogP contribution in [0, 0.1) is 12.8 Å². The van der Waals surface area contributed by atoms with E-state index in [-0.39, 0.29) is 11.8 Å². The second kappa shape index (κ2) is 6.84. The Morgan fingerprint density at radius 3 is 2.46 bits per heavy atom. The zero-order chi connectivity index (χ0) is 17.1. The molecule has 2 amide bonds. The Hall–Kier alpha value is -2.66. The molecule has 0 saturated heterocycles. The molecule has 1 atom stereocenters. The highest BCUT2D eigenvalue weighted by atomic mass is 16.3. The summed E-state index contributed by atoms with van der Waals surface area (Å²) in [4.78, 5) is 24.1. The Morgan fingerprint density at radius 1 is 1.08 bits per heavy atom. The van der Waals surface area contributed by atoms with Gasteiger partial charge in [-0.15, -0.1) is 0 Å². The third-order valence-corrected chi connectivity index (χ3v) is 4.07. The molecule has 0 heterocycles. The molecule has 0 aliphatic heterocycles. The number of nitrogens with one attached hydrogen (secondary N) is 2. The van der Waals surface area contributed by atoms with Crippen LogP contribution in [0.1, 0.15) is 30.1 Å². The van der Waals surface area contributed by atoms with E-state index in [1.165, 1.54) is 0 Å². The molecule has 5 heteroatoms. The first-order chi connectivity index (χ1) is 11.5. The van der Waals surface area contributed by atoms with Crippen LogP contribution >= 0.6 is 0 Å². The largest absolute Gasteiger partial charge is 0.378 e. The van der Waals surface area contributed by atoms with Crippen LogP contribution in [0.2, 0.25) is 0 Å². The molecule has 1 aliphatic rings. The summed E-state index contributed by atoms with van der Waals surface area (Å²) in [5.41, 5.74) is 2.60. The highest BCUT2D eigenvalue weighted by Crippen LogP contribution is 2.31. The smallest absolute Gasteiger partial charge is 0.257 e. The summed E-state index contributed by atoms with van der Waals surface area (Å²) in [5, 5.41) is 15.7. The molecule has 0 spiro atoms. The maximum Gasteiger partial charge on any atom is 0.257 e. The van der Waals surface area contributed by atoms with Crippen LogP contribution in [-0.4, -0.2) is 16.9 Å². The Bertz CT molecular complexity index is 754. The monoisotopic (exact) mass is 324 g/mol. The fourth-order valence-electron chi connectivity index (χ4n) is 2.41. The van der Waals surface area contributed by atoms with Crippen molar-refractivity contribution in [2.45, 2.75) is 25.9 Å². The molecule has 24 heavy (non-hydrogen) atoms. The van der Waals surface area contributed by atoms with Gasteiger partial charge in [-0.05, 0) is 43.0 Å². The van der Waals surface area contributed by atoms with Gasteiger partial charge in [-0.1, -0.05) is 36.4 Å². The van der Waals surface area contributed by atoms with Crippen molar-refractivity contribution in [3.05, 3.63) is 59.7 Å². The first-order valence-electron chi connectivity index (χ1n) is 8.00. The van der Waals surface area contributed by atoms with Crippen molar-refractivity contribution in [3.63, 3.8) is 0 Å². The van der Waals surface area contributed by atoms with Crippen LogP contribution in [0.4, 0.5) is 11.4 Å². The molecule has 5 nitrogen and oxygen atoms in total. The topological polar surface area (TPSA) is 78.4 Å². The molecule has 0 aromatic heterocycles. The third kappa shape index (κ3) is 3.81. The van der Waals surface area contributed by atoms with Crippen LogP contribution in [0.5, 0.6) is 0 Å². The molecule has 124 valence electrons. The second-order valence-electron chi connectivity index (χ2n) is 6.10. The average molecular weight is 324 g/mol. The van der Waals surface area contributed by atoms with Crippen molar-refractivity contribution < 1.29 is 14.7 Å². The van der Waals surface area contributed by atoms with Crippen LogP contribution in [-0.2, 0) is 9.59 Å². The van der Waals surface area contributed by atoms with Crippen LogP contribution in [0.15, 0.2) is 48.5 Å². The molecular weight excluding hydrogens is 304 g/mol. The van der Waals surface area contributed by atoms with Gasteiger partial charge >= 0.3 is 0 Å². The summed E-state index contributed by atoms with van der Waals surface area (Å²) >= 11 is 0. The molecule has 0 radical (unpaired) electrons. The SMILES string of the molecule is Cc1ccc(NC(=O)C2CC2)cc1NC(=O)C(O)c1ccccc1. The van der Waals surface area contributed by atoms with Gasteiger partial charge in [0.15, 0.2) is 6.10 Å². The molecule has 1 aliphatic carbocycles. The van der Waals surface area contributed by atoms with Crippen molar-refractivity contribution in [2.24, 2.45) is 5.92 Å². The van der Waals surface area contributed by atoms with Gasteiger partial charge in [-0.3, -0.25) is 9.59 Å². The van der Waals surface area contributed by atoms with Crippen molar-refractivity contribution in [1.29, 1.82) is 0 Å². The number of aryl methyl sites for hydroxylation is 1. The lowest BCUT2D eigenvalue weighted by Gasteiger charge is -2.14. The number of benzene rings is 2. The summed E-state index contributed by atoms with van der Waals surface area (Å²) in [6, 6.07) is 14.1. The van der Waals surface area contributed by atoms with Crippen LogP contribution in [0.25, 0.3) is 0 Å². The summed E-state index contributed by atoms with van der Waals surface area (Å²) in [5.74, 6) is -0.375. The lowest BCUT2D eigenvalue weighted by molar-refractivity contribution is -0.124. The average Bonchev–Trinajstić information content (AvgIpc) is 3.43. The van der Waals surface area contributed by atoms with Crippen LogP contribution < -0.4 is 10.6 Å². The quantitative estimate of drug-likeness (QED) is 0.791. The van der Waals surface area contributed by atoms with Gasteiger partial charge in [0.25, 0.3) is 5.91 Å². The normalized spacial score (nSPS) is 14.8. The van der Waals surface area contributed by atoms with E-state index < -0.39 is 12.0 Å². The van der Waals surface area contributed by atoms with E-state index in [1.807, 2.05) is 19.1 Å². The predicted octanol–water partition coefficient (Wildman–Crippen LogP) is 3.02. The van der Waals surface area contributed by atoms with Crippen molar-refractivity contribution >= 4 is 23.2 Å². The summed E-state index contributed by atoms with van der Waals surface area (Å²) in [7, 11) is 0. The highest BCUT2D eigenvalue weighted by Gasteiger charge is 2.29. The van der Waals surface area contributed by atoms with E-state index in [9.17, 15) is 14.7 Å². The fraction of sp³-hybridized carbons (Fsp3) is 0.263. The molecule has 1 unspecified atom stereocenters. The molecule has 2 aromatic rings. The number of hydrogen-bond acceptors (Lipinski definition) is 3. The summed E-state index contributed by atoms with van der Waals surface area (Å²) in [6.07, 6.45) is 0.630. The number of carbonyl (C=O) groups is 2. The molecule has 3 N–H and O–H groups in total. The Labute approximate surface area is 140 Å². The number of carbonyl (C=O) groups excluding carboxylic acids is 2. The summed E-state index contributed by atoms with van der Waals surface area (Å²) < 4.78 is 0. The van der Waals surface area contributed by atoms with Gasteiger partial charge in [0.2, 0.25) is 5.91 Å². The fourth-order valence-corrected chi connectivity index (χ4v) is 2.41. The molecule has 2 aromatic carbocycles. The molecule has 3 rings (SSSR count). The standard InChI is InChI=1S/C19H20N2O3/c1-12-7-10-15(20-18(23)14-8-9-14)11-16(12)21-19(24)17(22)13-5-3-2-4-6-13/h2-7,10-11,14,17,22H,8-9H2,1H3,(H,20,23)(H,21,24). The van der Waals surface area contributed by atoms with Crippen molar-refractivity contribution in [3.8, 4) is 0 Å². The zero-order valence-electron chi connectivity index (χ0n) is 13.5.